The first-order valence-electron chi connectivity index (χ1n) is 8.28. The van der Waals surface area contributed by atoms with Crippen LogP contribution in [0.5, 0.6) is 5.75 Å². The van der Waals surface area contributed by atoms with E-state index in [4.69, 9.17) is 4.74 Å². The molecule has 0 saturated heterocycles. The standard InChI is InChI=1S/C20H24O3/c1-2-3-4-5-9-15-23-18-14-10-13-17(20(21)22)19(18)16-11-7-6-8-12-16/h6-8,10-14H,2-5,9,15H2,1H3,(H,21,22). The molecule has 0 aliphatic carbocycles. The van der Waals surface area contributed by atoms with Gasteiger partial charge in [0, 0.05) is 5.56 Å². The van der Waals surface area contributed by atoms with Gasteiger partial charge < -0.3 is 9.84 Å². The van der Waals surface area contributed by atoms with E-state index in [9.17, 15) is 9.90 Å². The predicted molar refractivity (Wildman–Crippen MR) is 93.1 cm³/mol. The highest BCUT2D eigenvalue weighted by molar-refractivity contribution is 5.98. The number of ether oxygens (including phenoxy) is 1. The third-order valence-corrected chi connectivity index (χ3v) is 3.82. The van der Waals surface area contributed by atoms with Crippen molar-refractivity contribution in [3.63, 3.8) is 0 Å². The van der Waals surface area contributed by atoms with Crippen LogP contribution >= 0.6 is 0 Å². The van der Waals surface area contributed by atoms with Crippen molar-refractivity contribution in [3.05, 3.63) is 54.1 Å². The van der Waals surface area contributed by atoms with Crippen LogP contribution in [-0.2, 0) is 0 Å². The number of aromatic carboxylic acids is 1. The lowest BCUT2D eigenvalue weighted by Gasteiger charge is -2.14. The van der Waals surface area contributed by atoms with Crippen molar-refractivity contribution in [2.45, 2.75) is 39.0 Å². The Morgan fingerprint density at radius 2 is 1.70 bits per heavy atom. The SMILES string of the molecule is CCCCCCCOc1cccc(C(=O)O)c1-c1ccccc1. The lowest BCUT2D eigenvalue weighted by Crippen LogP contribution is -2.04. The van der Waals surface area contributed by atoms with E-state index in [1.165, 1.54) is 19.3 Å². The van der Waals surface area contributed by atoms with Crippen molar-refractivity contribution in [2.24, 2.45) is 0 Å². The second-order valence-corrected chi connectivity index (χ2v) is 5.61. The first kappa shape index (κ1) is 17.1. The molecule has 3 nitrogen and oxygen atoms in total. The zero-order valence-electron chi connectivity index (χ0n) is 13.6. The van der Waals surface area contributed by atoms with Crippen molar-refractivity contribution < 1.29 is 14.6 Å². The van der Waals surface area contributed by atoms with Crippen molar-refractivity contribution in [1.82, 2.24) is 0 Å². The molecule has 0 amide bonds. The molecule has 2 aromatic rings. The van der Waals surface area contributed by atoms with E-state index in [1.807, 2.05) is 36.4 Å². The highest BCUT2D eigenvalue weighted by Gasteiger charge is 2.16. The lowest BCUT2D eigenvalue weighted by molar-refractivity contribution is 0.0697. The van der Waals surface area contributed by atoms with Crippen LogP contribution in [0, 0.1) is 0 Å². The van der Waals surface area contributed by atoms with E-state index < -0.39 is 5.97 Å². The fraction of sp³-hybridized carbons (Fsp3) is 0.350. The summed E-state index contributed by atoms with van der Waals surface area (Å²) in [5.74, 6) is -0.288. The first-order chi connectivity index (χ1) is 11.2. The van der Waals surface area contributed by atoms with Crippen LogP contribution < -0.4 is 4.74 Å². The topological polar surface area (TPSA) is 46.5 Å². The molecule has 0 radical (unpaired) electrons. The molecule has 0 aliphatic heterocycles. The molecule has 0 unspecified atom stereocenters. The van der Waals surface area contributed by atoms with Gasteiger partial charge in [-0.15, -0.1) is 0 Å². The average molecular weight is 312 g/mol. The molecule has 2 aromatic carbocycles. The van der Waals surface area contributed by atoms with Gasteiger partial charge in [-0.2, -0.15) is 0 Å². The Labute approximate surface area is 137 Å². The highest BCUT2D eigenvalue weighted by Crippen LogP contribution is 2.33. The highest BCUT2D eigenvalue weighted by atomic mass is 16.5. The Morgan fingerprint density at radius 1 is 0.957 bits per heavy atom. The minimum atomic E-state index is -0.933. The molecule has 122 valence electrons. The first-order valence-corrected chi connectivity index (χ1v) is 8.28. The molecule has 0 aromatic heterocycles. The molecule has 0 saturated carbocycles. The van der Waals surface area contributed by atoms with Crippen LogP contribution in [0.1, 0.15) is 49.4 Å². The van der Waals surface area contributed by atoms with Gasteiger partial charge in [0.25, 0.3) is 0 Å². The molecule has 3 heteroatoms. The largest absolute Gasteiger partial charge is 0.493 e. The monoisotopic (exact) mass is 312 g/mol. The summed E-state index contributed by atoms with van der Waals surface area (Å²) in [4.78, 5) is 11.5. The fourth-order valence-electron chi connectivity index (χ4n) is 2.62. The summed E-state index contributed by atoms with van der Waals surface area (Å²) in [7, 11) is 0. The number of carbonyl (C=O) groups is 1. The third-order valence-electron chi connectivity index (χ3n) is 3.82. The third kappa shape index (κ3) is 4.85. The van der Waals surface area contributed by atoms with Gasteiger partial charge in [0.05, 0.1) is 12.2 Å². The molecule has 0 heterocycles. The van der Waals surface area contributed by atoms with Gasteiger partial charge in [-0.1, -0.05) is 69.0 Å². The van der Waals surface area contributed by atoms with Crippen molar-refractivity contribution in [2.75, 3.05) is 6.61 Å². The maximum absolute atomic E-state index is 11.5. The molecule has 0 bridgehead atoms. The van der Waals surface area contributed by atoms with Gasteiger partial charge in [0.1, 0.15) is 5.75 Å². The minimum Gasteiger partial charge on any atom is -0.493 e. The maximum atomic E-state index is 11.5. The van der Waals surface area contributed by atoms with E-state index in [-0.39, 0.29) is 5.56 Å². The Bertz CT molecular complexity index is 620. The Morgan fingerprint density at radius 3 is 2.39 bits per heavy atom. The molecule has 1 N–H and O–H groups in total. The van der Waals surface area contributed by atoms with Gasteiger partial charge in [0.2, 0.25) is 0 Å². The zero-order chi connectivity index (χ0) is 16.5. The van der Waals surface area contributed by atoms with Crippen LogP contribution in [0.4, 0.5) is 0 Å². The van der Waals surface area contributed by atoms with Crippen LogP contribution in [0.25, 0.3) is 11.1 Å². The van der Waals surface area contributed by atoms with Crippen molar-refractivity contribution >= 4 is 5.97 Å². The van der Waals surface area contributed by atoms with Crippen LogP contribution in [-0.4, -0.2) is 17.7 Å². The van der Waals surface area contributed by atoms with E-state index in [1.54, 1.807) is 12.1 Å². The van der Waals surface area contributed by atoms with Crippen molar-refractivity contribution in [1.29, 1.82) is 0 Å². The van der Waals surface area contributed by atoms with Crippen molar-refractivity contribution in [3.8, 4) is 16.9 Å². The molecule has 2 rings (SSSR count). The molecule has 0 fully saturated rings. The van der Waals surface area contributed by atoms with Gasteiger partial charge >= 0.3 is 5.97 Å². The van der Waals surface area contributed by atoms with Crippen LogP contribution in [0.3, 0.4) is 0 Å². The molecule has 0 atom stereocenters. The number of carboxylic acids is 1. The van der Waals surface area contributed by atoms with Crippen LogP contribution in [0.15, 0.2) is 48.5 Å². The Kier molecular flexibility index (Phi) is 6.67. The number of benzene rings is 2. The summed E-state index contributed by atoms with van der Waals surface area (Å²) in [6, 6.07) is 14.8. The molecule has 23 heavy (non-hydrogen) atoms. The smallest absolute Gasteiger partial charge is 0.336 e. The number of hydrogen-bond donors (Lipinski definition) is 1. The molecule has 0 spiro atoms. The second kappa shape index (κ2) is 8.99. The summed E-state index contributed by atoms with van der Waals surface area (Å²) in [6.07, 6.45) is 5.84. The normalized spacial score (nSPS) is 10.5. The van der Waals surface area contributed by atoms with Crippen LogP contribution in [0.2, 0.25) is 0 Å². The lowest BCUT2D eigenvalue weighted by atomic mass is 9.98. The number of rotatable bonds is 9. The molecular formula is C20H24O3. The predicted octanol–water partition coefficient (Wildman–Crippen LogP) is 5.40. The van der Waals surface area contributed by atoms with E-state index in [2.05, 4.69) is 6.92 Å². The van der Waals surface area contributed by atoms with E-state index in [0.717, 1.165) is 18.4 Å². The Balaban J connectivity index is 2.16. The number of unbranched alkanes of at least 4 members (excludes halogenated alkanes) is 4. The summed E-state index contributed by atoms with van der Waals surface area (Å²) in [5.41, 5.74) is 1.81. The van der Waals surface area contributed by atoms with Gasteiger partial charge in [-0.3, -0.25) is 0 Å². The second-order valence-electron chi connectivity index (χ2n) is 5.61. The van der Waals surface area contributed by atoms with Gasteiger partial charge in [0.15, 0.2) is 0 Å². The minimum absolute atomic E-state index is 0.277. The summed E-state index contributed by atoms with van der Waals surface area (Å²) < 4.78 is 5.90. The molecule has 0 aliphatic rings. The maximum Gasteiger partial charge on any atom is 0.336 e. The molecular weight excluding hydrogens is 288 g/mol. The quantitative estimate of drug-likeness (QED) is 0.630. The van der Waals surface area contributed by atoms with Gasteiger partial charge in [-0.25, -0.2) is 4.79 Å². The van der Waals surface area contributed by atoms with E-state index >= 15 is 0 Å². The zero-order valence-corrected chi connectivity index (χ0v) is 13.6. The fourth-order valence-corrected chi connectivity index (χ4v) is 2.62. The summed E-state index contributed by atoms with van der Waals surface area (Å²) in [5, 5.41) is 9.46. The average Bonchev–Trinajstić information content (AvgIpc) is 2.58. The van der Waals surface area contributed by atoms with E-state index in [0.29, 0.717) is 17.9 Å². The summed E-state index contributed by atoms with van der Waals surface area (Å²) in [6.45, 7) is 2.81. The summed E-state index contributed by atoms with van der Waals surface area (Å²) >= 11 is 0. The van der Waals surface area contributed by atoms with Gasteiger partial charge in [-0.05, 0) is 24.1 Å². The number of hydrogen-bond acceptors (Lipinski definition) is 2. The Hall–Kier alpha value is -2.29. The number of carboxylic acid groups (broad SMARTS) is 1.